The van der Waals surface area contributed by atoms with Crippen LogP contribution in [-0.4, -0.2) is 24.6 Å². The molecule has 0 spiro atoms. The highest BCUT2D eigenvalue weighted by Crippen LogP contribution is 2.18. The van der Waals surface area contributed by atoms with E-state index in [4.69, 9.17) is 0 Å². The number of ketones is 1. The maximum Gasteiger partial charge on any atom is 0.371 e. The summed E-state index contributed by atoms with van der Waals surface area (Å²) in [6.45, 7) is 7.93. The molecular formula is C13H24O4. The van der Waals surface area contributed by atoms with Crippen molar-refractivity contribution in [3.05, 3.63) is 0 Å². The van der Waals surface area contributed by atoms with Gasteiger partial charge in [-0.15, -0.1) is 0 Å². The first-order valence-electron chi connectivity index (χ1n) is 6.26. The van der Waals surface area contributed by atoms with Crippen LogP contribution in [-0.2, 0) is 19.1 Å². The minimum Gasteiger partial charge on any atom is -0.460 e. The summed E-state index contributed by atoms with van der Waals surface area (Å²) in [5, 5.41) is 0. The van der Waals surface area contributed by atoms with Crippen molar-refractivity contribution in [1.82, 2.24) is 0 Å². The van der Waals surface area contributed by atoms with Crippen molar-refractivity contribution in [2.75, 3.05) is 6.61 Å². The first kappa shape index (κ1) is 18.2. The first-order chi connectivity index (χ1) is 8.11. The number of rotatable bonds is 2. The molecule has 1 rings (SSSR count). The van der Waals surface area contributed by atoms with Crippen LogP contribution in [0.3, 0.4) is 0 Å². The normalized spacial score (nSPS) is 17.9. The SMILES string of the molecule is CC.CC1CCCCC1=O.CCOC(=O)C=O. The fraction of sp³-hybridized carbons (Fsp3) is 0.769. The Bertz CT molecular complexity index is 223. The molecule has 4 heteroatoms. The van der Waals surface area contributed by atoms with E-state index in [0.29, 0.717) is 11.7 Å². The van der Waals surface area contributed by atoms with Gasteiger partial charge in [0.1, 0.15) is 5.78 Å². The van der Waals surface area contributed by atoms with Gasteiger partial charge in [0, 0.05) is 12.3 Å². The second kappa shape index (κ2) is 12.9. The predicted octanol–water partition coefficient (Wildman–Crippen LogP) is 2.54. The maximum absolute atomic E-state index is 10.8. The largest absolute Gasteiger partial charge is 0.460 e. The van der Waals surface area contributed by atoms with E-state index in [-0.39, 0.29) is 12.9 Å². The maximum atomic E-state index is 10.8. The fourth-order valence-corrected chi connectivity index (χ4v) is 1.33. The van der Waals surface area contributed by atoms with Crippen LogP contribution in [0.25, 0.3) is 0 Å². The lowest BCUT2D eigenvalue weighted by molar-refractivity contribution is -0.148. The zero-order valence-corrected chi connectivity index (χ0v) is 11.3. The molecule has 0 aromatic rings. The number of esters is 1. The number of aldehydes is 1. The number of carbonyl (C=O) groups is 3. The molecule has 0 N–H and O–H groups in total. The van der Waals surface area contributed by atoms with Gasteiger partial charge in [-0.1, -0.05) is 27.2 Å². The Morgan fingerprint density at radius 1 is 1.41 bits per heavy atom. The molecule has 0 aliphatic heterocycles. The monoisotopic (exact) mass is 244 g/mol. The van der Waals surface area contributed by atoms with E-state index in [9.17, 15) is 14.4 Å². The van der Waals surface area contributed by atoms with Crippen molar-refractivity contribution < 1.29 is 19.1 Å². The quantitative estimate of drug-likeness (QED) is 0.425. The van der Waals surface area contributed by atoms with Crippen LogP contribution in [0.2, 0.25) is 0 Å². The van der Waals surface area contributed by atoms with Crippen LogP contribution in [0.5, 0.6) is 0 Å². The zero-order chi connectivity index (χ0) is 13.7. The molecule has 4 nitrogen and oxygen atoms in total. The van der Waals surface area contributed by atoms with Gasteiger partial charge in [-0.25, -0.2) is 4.79 Å². The molecule has 100 valence electrons. The van der Waals surface area contributed by atoms with Gasteiger partial charge in [0.2, 0.25) is 6.29 Å². The Labute approximate surface area is 104 Å². The molecule has 1 unspecified atom stereocenters. The highest BCUT2D eigenvalue weighted by Gasteiger charge is 2.16. The van der Waals surface area contributed by atoms with Crippen LogP contribution in [0.1, 0.15) is 53.4 Å². The van der Waals surface area contributed by atoms with Gasteiger partial charge in [0.15, 0.2) is 0 Å². The first-order valence-corrected chi connectivity index (χ1v) is 6.26. The molecular weight excluding hydrogens is 220 g/mol. The van der Waals surface area contributed by atoms with Gasteiger partial charge in [-0.3, -0.25) is 9.59 Å². The topological polar surface area (TPSA) is 60.4 Å². The summed E-state index contributed by atoms with van der Waals surface area (Å²) in [6, 6.07) is 0. The average Bonchev–Trinajstić information content (AvgIpc) is 2.36. The number of Topliss-reactive ketones (excluding diaryl/α,β-unsaturated/α-hetero) is 1. The van der Waals surface area contributed by atoms with Crippen molar-refractivity contribution in [3.8, 4) is 0 Å². The van der Waals surface area contributed by atoms with E-state index in [1.165, 1.54) is 6.42 Å². The van der Waals surface area contributed by atoms with Crippen LogP contribution in [0, 0.1) is 5.92 Å². The zero-order valence-electron chi connectivity index (χ0n) is 11.3. The average molecular weight is 244 g/mol. The molecule has 1 aliphatic rings. The van der Waals surface area contributed by atoms with Crippen molar-refractivity contribution in [1.29, 1.82) is 0 Å². The summed E-state index contributed by atoms with van der Waals surface area (Å²) in [4.78, 5) is 30.0. The van der Waals surface area contributed by atoms with Crippen molar-refractivity contribution >= 4 is 18.0 Å². The Balaban J connectivity index is 0. The lowest BCUT2D eigenvalue weighted by Crippen LogP contribution is -2.14. The molecule has 0 aromatic carbocycles. The summed E-state index contributed by atoms with van der Waals surface area (Å²) in [5.41, 5.74) is 0. The highest BCUT2D eigenvalue weighted by atomic mass is 16.5. The molecule has 17 heavy (non-hydrogen) atoms. The summed E-state index contributed by atoms with van der Waals surface area (Å²) in [7, 11) is 0. The van der Waals surface area contributed by atoms with Crippen molar-refractivity contribution in [2.24, 2.45) is 5.92 Å². The van der Waals surface area contributed by atoms with E-state index >= 15 is 0 Å². The second-order valence-electron chi connectivity index (χ2n) is 3.48. The molecule has 1 fully saturated rings. The van der Waals surface area contributed by atoms with Crippen LogP contribution < -0.4 is 0 Å². The summed E-state index contributed by atoms with van der Waals surface area (Å²) in [6.07, 6.45) is 4.49. The van der Waals surface area contributed by atoms with Crippen LogP contribution in [0.15, 0.2) is 0 Å². The molecule has 0 heterocycles. The van der Waals surface area contributed by atoms with E-state index in [1.807, 2.05) is 20.8 Å². The third-order valence-electron chi connectivity index (χ3n) is 2.24. The lowest BCUT2D eigenvalue weighted by Gasteiger charge is -2.14. The fourth-order valence-electron chi connectivity index (χ4n) is 1.33. The second-order valence-corrected chi connectivity index (χ2v) is 3.48. The smallest absolute Gasteiger partial charge is 0.371 e. The Morgan fingerprint density at radius 2 is 2.00 bits per heavy atom. The standard InChI is InChI=1S/C7H12O.C4H6O3.C2H6/c1-6-4-2-3-5-7(6)8;1-2-7-4(6)3-5;1-2/h6H,2-5H2,1H3;3H,2H2,1H3;1-2H3. The summed E-state index contributed by atoms with van der Waals surface area (Å²) in [5.74, 6) is 0.0301. The number of carbonyl (C=O) groups excluding carboxylic acids is 3. The van der Waals surface area contributed by atoms with Gasteiger partial charge in [0.05, 0.1) is 6.61 Å². The van der Waals surface area contributed by atoms with E-state index in [0.717, 1.165) is 19.3 Å². The molecule has 0 radical (unpaired) electrons. The van der Waals surface area contributed by atoms with Gasteiger partial charge in [-0.2, -0.15) is 0 Å². The predicted molar refractivity (Wildman–Crippen MR) is 66.7 cm³/mol. The van der Waals surface area contributed by atoms with E-state index in [1.54, 1.807) is 6.92 Å². The van der Waals surface area contributed by atoms with Gasteiger partial charge >= 0.3 is 5.97 Å². The van der Waals surface area contributed by atoms with Crippen LogP contribution in [0.4, 0.5) is 0 Å². The minimum atomic E-state index is -0.803. The third kappa shape index (κ3) is 11.1. The minimum absolute atomic E-state index is 0.142. The molecule has 1 saturated carbocycles. The van der Waals surface area contributed by atoms with Gasteiger partial charge < -0.3 is 4.74 Å². The molecule has 0 bridgehead atoms. The molecule has 0 saturated heterocycles. The number of hydrogen-bond acceptors (Lipinski definition) is 4. The number of ether oxygens (including phenoxy) is 1. The Kier molecular flexibility index (Phi) is 13.8. The Morgan fingerprint density at radius 3 is 2.24 bits per heavy atom. The van der Waals surface area contributed by atoms with Gasteiger partial charge in [-0.05, 0) is 19.8 Å². The van der Waals surface area contributed by atoms with Gasteiger partial charge in [0.25, 0.3) is 0 Å². The summed E-state index contributed by atoms with van der Waals surface area (Å²) >= 11 is 0. The Hall–Kier alpha value is -1.19. The molecule has 0 amide bonds. The van der Waals surface area contributed by atoms with E-state index in [2.05, 4.69) is 4.74 Å². The van der Waals surface area contributed by atoms with Crippen molar-refractivity contribution in [2.45, 2.75) is 53.4 Å². The third-order valence-corrected chi connectivity index (χ3v) is 2.24. The number of hydrogen-bond donors (Lipinski definition) is 0. The van der Waals surface area contributed by atoms with Crippen molar-refractivity contribution in [3.63, 3.8) is 0 Å². The van der Waals surface area contributed by atoms with Crippen LogP contribution >= 0.6 is 0 Å². The summed E-state index contributed by atoms with van der Waals surface area (Å²) < 4.78 is 4.18. The highest BCUT2D eigenvalue weighted by molar-refractivity contribution is 6.20. The van der Waals surface area contributed by atoms with E-state index < -0.39 is 5.97 Å². The molecule has 1 atom stereocenters. The molecule has 0 aromatic heterocycles. The molecule has 1 aliphatic carbocycles. The lowest BCUT2D eigenvalue weighted by atomic mass is 9.90.